The first-order valence-electron chi connectivity index (χ1n) is 4.12. The minimum atomic E-state index is 0.402. The largest absolute Gasteiger partial charge is 0.446 e. The van der Waals surface area contributed by atoms with Crippen LogP contribution in [0.2, 0.25) is 0 Å². The van der Waals surface area contributed by atoms with Gasteiger partial charge >= 0.3 is 0 Å². The summed E-state index contributed by atoms with van der Waals surface area (Å²) in [6.45, 7) is 10.0. The molecule has 0 saturated heterocycles. The van der Waals surface area contributed by atoms with Crippen LogP contribution < -0.4 is 0 Å². The van der Waals surface area contributed by atoms with E-state index in [-0.39, 0.29) is 0 Å². The number of hydrogen-bond donors (Lipinski definition) is 0. The summed E-state index contributed by atoms with van der Waals surface area (Å²) in [6.07, 6.45) is 1.75. The molecule has 64 valence electrons. The summed E-state index contributed by atoms with van der Waals surface area (Å²) in [5, 5.41) is 0. The van der Waals surface area contributed by atoms with E-state index >= 15 is 0 Å². The molecule has 0 radical (unpaired) electrons. The monoisotopic (exact) mass is 155 g/mol. The average Bonchev–Trinajstić information content (AvgIpc) is 2.40. The van der Waals surface area contributed by atoms with Crippen molar-refractivity contribution in [2.75, 3.05) is 0 Å². The molecule has 0 fully saturated rings. The van der Waals surface area contributed by atoms with Crippen molar-refractivity contribution in [2.24, 2.45) is 0 Å². The minimum absolute atomic E-state index is 0.402. The molecule has 0 unspecified atom stereocenters. The third-order valence-corrected chi connectivity index (χ3v) is 1.13. The summed E-state index contributed by atoms with van der Waals surface area (Å²) < 4.78 is 5.23. The Kier molecular flexibility index (Phi) is 4.59. The van der Waals surface area contributed by atoms with Crippen LogP contribution in [0, 0.1) is 6.92 Å². The van der Waals surface area contributed by atoms with Gasteiger partial charge in [-0.2, -0.15) is 0 Å². The number of aryl methyl sites for hydroxylation is 1. The summed E-state index contributed by atoms with van der Waals surface area (Å²) in [5.74, 6) is 2.12. The molecule has 2 heteroatoms. The SMILES string of the molecule is CC.Cc1cnc(C(C)C)o1. The Labute approximate surface area is 68.6 Å². The van der Waals surface area contributed by atoms with E-state index in [1.165, 1.54) is 0 Å². The minimum Gasteiger partial charge on any atom is -0.446 e. The van der Waals surface area contributed by atoms with Gasteiger partial charge in [-0.05, 0) is 6.92 Å². The molecular formula is C9H17NO. The van der Waals surface area contributed by atoms with Crippen LogP contribution in [0.3, 0.4) is 0 Å². The topological polar surface area (TPSA) is 26.0 Å². The van der Waals surface area contributed by atoms with E-state index in [2.05, 4.69) is 18.8 Å². The highest BCUT2D eigenvalue weighted by atomic mass is 16.4. The van der Waals surface area contributed by atoms with Gasteiger partial charge in [0, 0.05) is 5.92 Å². The Morgan fingerprint density at radius 2 is 1.91 bits per heavy atom. The summed E-state index contributed by atoms with van der Waals surface area (Å²) in [4.78, 5) is 4.05. The van der Waals surface area contributed by atoms with Crippen LogP contribution in [-0.4, -0.2) is 4.98 Å². The Bertz CT molecular complexity index is 191. The van der Waals surface area contributed by atoms with Gasteiger partial charge in [0.25, 0.3) is 0 Å². The van der Waals surface area contributed by atoms with E-state index in [1.807, 2.05) is 20.8 Å². The summed E-state index contributed by atoms with van der Waals surface area (Å²) in [5.41, 5.74) is 0. The molecule has 0 aliphatic heterocycles. The maximum Gasteiger partial charge on any atom is 0.196 e. The first-order valence-corrected chi connectivity index (χ1v) is 4.12. The highest BCUT2D eigenvalue weighted by molar-refractivity contribution is 4.93. The molecule has 0 N–H and O–H groups in total. The maximum atomic E-state index is 5.23. The van der Waals surface area contributed by atoms with Crippen LogP contribution in [-0.2, 0) is 0 Å². The fraction of sp³-hybridized carbons (Fsp3) is 0.667. The zero-order valence-electron chi connectivity index (χ0n) is 8.01. The molecule has 1 rings (SSSR count). The van der Waals surface area contributed by atoms with Crippen LogP contribution in [0.4, 0.5) is 0 Å². The number of oxazole rings is 1. The fourth-order valence-electron chi connectivity index (χ4n) is 0.639. The number of rotatable bonds is 1. The van der Waals surface area contributed by atoms with Crippen molar-refractivity contribution in [3.8, 4) is 0 Å². The van der Waals surface area contributed by atoms with Crippen molar-refractivity contribution in [2.45, 2.75) is 40.5 Å². The quantitative estimate of drug-likeness (QED) is 0.622. The molecule has 0 aromatic carbocycles. The van der Waals surface area contributed by atoms with Crippen LogP contribution in [0.1, 0.15) is 45.3 Å². The van der Waals surface area contributed by atoms with Crippen LogP contribution in [0.25, 0.3) is 0 Å². The van der Waals surface area contributed by atoms with Gasteiger partial charge in [0.15, 0.2) is 5.89 Å². The Morgan fingerprint density at radius 3 is 2.09 bits per heavy atom. The van der Waals surface area contributed by atoms with E-state index < -0.39 is 0 Å². The second-order valence-electron chi connectivity index (χ2n) is 2.46. The normalized spacial score (nSPS) is 9.27. The molecule has 0 atom stereocenters. The lowest BCUT2D eigenvalue weighted by Gasteiger charge is -1.93. The molecule has 0 aliphatic rings. The summed E-state index contributed by atoms with van der Waals surface area (Å²) >= 11 is 0. The Morgan fingerprint density at radius 1 is 1.36 bits per heavy atom. The smallest absolute Gasteiger partial charge is 0.196 e. The van der Waals surface area contributed by atoms with E-state index in [9.17, 15) is 0 Å². The predicted molar refractivity (Wildman–Crippen MR) is 46.7 cm³/mol. The van der Waals surface area contributed by atoms with Crippen molar-refractivity contribution >= 4 is 0 Å². The molecule has 2 nitrogen and oxygen atoms in total. The maximum absolute atomic E-state index is 5.23. The highest BCUT2D eigenvalue weighted by Gasteiger charge is 2.03. The second-order valence-corrected chi connectivity index (χ2v) is 2.46. The highest BCUT2D eigenvalue weighted by Crippen LogP contribution is 2.12. The third-order valence-electron chi connectivity index (χ3n) is 1.13. The Balaban J connectivity index is 0.000000461. The van der Waals surface area contributed by atoms with E-state index in [1.54, 1.807) is 6.20 Å². The Hall–Kier alpha value is -0.790. The van der Waals surface area contributed by atoms with Gasteiger partial charge in [0.05, 0.1) is 6.20 Å². The van der Waals surface area contributed by atoms with E-state index in [4.69, 9.17) is 4.42 Å². The molecule has 0 spiro atoms. The molecule has 0 amide bonds. The molecule has 1 heterocycles. The molecule has 1 aromatic heterocycles. The molecule has 1 aromatic rings. The lowest BCUT2D eigenvalue weighted by Crippen LogP contribution is -1.84. The summed E-state index contributed by atoms with van der Waals surface area (Å²) in [6, 6.07) is 0. The van der Waals surface area contributed by atoms with Gasteiger partial charge in [-0.15, -0.1) is 0 Å². The molecule has 0 bridgehead atoms. The van der Waals surface area contributed by atoms with Gasteiger partial charge in [-0.1, -0.05) is 27.7 Å². The summed E-state index contributed by atoms with van der Waals surface area (Å²) in [7, 11) is 0. The standard InChI is InChI=1S/C7H11NO.C2H6/c1-5(2)7-8-4-6(3)9-7;1-2/h4-5H,1-3H3;1-2H3. The molecular weight excluding hydrogens is 138 g/mol. The number of aromatic nitrogens is 1. The molecule has 0 saturated carbocycles. The lowest BCUT2D eigenvalue weighted by molar-refractivity contribution is 0.450. The molecule has 11 heavy (non-hydrogen) atoms. The molecule has 0 aliphatic carbocycles. The van der Waals surface area contributed by atoms with Crippen molar-refractivity contribution in [1.29, 1.82) is 0 Å². The number of nitrogens with zero attached hydrogens (tertiary/aromatic N) is 1. The van der Waals surface area contributed by atoms with Crippen molar-refractivity contribution < 1.29 is 4.42 Å². The van der Waals surface area contributed by atoms with Gasteiger partial charge < -0.3 is 4.42 Å². The third kappa shape index (κ3) is 3.21. The van der Waals surface area contributed by atoms with E-state index in [0.29, 0.717) is 5.92 Å². The van der Waals surface area contributed by atoms with Crippen molar-refractivity contribution in [3.05, 3.63) is 17.8 Å². The van der Waals surface area contributed by atoms with Gasteiger partial charge in [0.1, 0.15) is 5.76 Å². The fourth-order valence-corrected chi connectivity index (χ4v) is 0.639. The second kappa shape index (κ2) is 4.94. The van der Waals surface area contributed by atoms with Crippen LogP contribution in [0.15, 0.2) is 10.6 Å². The van der Waals surface area contributed by atoms with Crippen LogP contribution >= 0.6 is 0 Å². The van der Waals surface area contributed by atoms with Crippen LogP contribution in [0.5, 0.6) is 0 Å². The van der Waals surface area contributed by atoms with Crippen molar-refractivity contribution in [1.82, 2.24) is 4.98 Å². The zero-order valence-corrected chi connectivity index (χ0v) is 8.01. The average molecular weight is 155 g/mol. The van der Waals surface area contributed by atoms with Gasteiger partial charge in [0.2, 0.25) is 0 Å². The van der Waals surface area contributed by atoms with Gasteiger partial charge in [-0.3, -0.25) is 0 Å². The predicted octanol–water partition coefficient (Wildman–Crippen LogP) is 3.13. The first-order chi connectivity index (χ1) is 5.20. The zero-order chi connectivity index (χ0) is 8.85. The van der Waals surface area contributed by atoms with E-state index in [0.717, 1.165) is 11.7 Å². The van der Waals surface area contributed by atoms with Crippen molar-refractivity contribution in [3.63, 3.8) is 0 Å². The van der Waals surface area contributed by atoms with Gasteiger partial charge in [-0.25, -0.2) is 4.98 Å². The lowest BCUT2D eigenvalue weighted by atomic mass is 10.2. The number of hydrogen-bond acceptors (Lipinski definition) is 2. The first kappa shape index (κ1) is 10.2.